The molecule has 1 aromatic heterocycles. The third-order valence-electron chi connectivity index (χ3n) is 1.97. The van der Waals surface area contributed by atoms with Gasteiger partial charge >= 0.3 is 0 Å². The number of aldehydes is 1. The lowest BCUT2D eigenvalue weighted by atomic mass is 10.2. The number of fused-ring (bicyclic) bond motifs is 1. The number of carbonyl (C=O) groups is 1. The van der Waals surface area contributed by atoms with Crippen molar-refractivity contribution in [3.8, 4) is 5.75 Å². The summed E-state index contributed by atoms with van der Waals surface area (Å²) in [5.41, 5.74) is 1.08. The third kappa shape index (κ3) is 1.24. The standard InChI is InChI=1S/C9H7ClN2O2/c1-14-9-3-7-5(2-6(9)10)8(4-13)12-11-7/h2-4H,1H3,(H,11,12). The van der Waals surface area contributed by atoms with E-state index in [-0.39, 0.29) is 0 Å². The summed E-state index contributed by atoms with van der Waals surface area (Å²) >= 11 is 5.91. The van der Waals surface area contributed by atoms with E-state index in [1.54, 1.807) is 12.1 Å². The lowest BCUT2D eigenvalue weighted by molar-refractivity contribution is 0.112. The molecule has 0 bridgehead atoms. The Morgan fingerprint density at radius 2 is 2.36 bits per heavy atom. The van der Waals surface area contributed by atoms with Crippen LogP contribution in [0.15, 0.2) is 12.1 Å². The summed E-state index contributed by atoms with van der Waals surface area (Å²) in [6, 6.07) is 3.34. The fourth-order valence-electron chi connectivity index (χ4n) is 1.28. The lowest BCUT2D eigenvalue weighted by Crippen LogP contribution is -1.84. The molecule has 0 radical (unpaired) electrons. The lowest BCUT2D eigenvalue weighted by Gasteiger charge is -2.01. The Morgan fingerprint density at radius 1 is 1.57 bits per heavy atom. The zero-order valence-corrected chi connectivity index (χ0v) is 8.13. The number of nitrogens with one attached hydrogen (secondary N) is 1. The molecule has 0 atom stereocenters. The summed E-state index contributed by atoms with van der Waals surface area (Å²) in [6.07, 6.45) is 0.706. The van der Waals surface area contributed by atoms with Gasteiger partial charge in [-0.15, -0.1) is 0 Å². The van der Waals surface area contributed by atoms with Gasteiger partial charge in [-0.2, -0.15) is 5.10 Å². The van der Waals surface area contributed by atoms with Crippen molar-refractivity contribution in [1.82, 2.24) is 10.2 Å². The number of nitrogens with zero attached hydrogens (tertiary/aromatic N) is 1. The van der Waals surface area contributed by atoms with Crippen molar-refractivity contribution in [2.24, 2.45) is 0 Å². The molecular formula is C9H7ClN2O2. The normalized spacial score (nSPS) is 10.4. The van der Waals surface area contributed by atoms with Gasteiger partial charge < -0.3 is 4.74 Å². The fourth-order valence-corrected chi connectivity index (χ4v) is 1.52. The monoisotopic (exact) mass is 210 g/mol. The van der Waals surface area contributed by atoms with Crippen LogP contribution in [0, 0.1) is 0 Å². The molecule has 0 aliphatic carbocycles. The minimum atomic E-state index is 0.421. The van der Waals surface area contributed by atoms with Crippen molar-refractivity contribution in [2.45, 2.75) is 0 Å². The number of benzene rings is 1. The van der Waals surface area contributed by atoms with Crippen LogP contribution in [0.3, 0.4) is 0 Å². The molecule has 0 unspecified atom stereocenters. The SMILES string of the molecule is COc1cc2n[nH]c(C=O)c2cc1Cl. The van der Waals surface area contributed by atoms with Crippen molar-refractivity contribution in [2.75, 3.05) is 7.11 Å². The largest absolute Gasteiger partial charge is 0.495 e. The first kappa shape index (κ1) is 9.02. The minimum Gasteiger partial charge on any atom is -0.495 e. The summed E-state index contributed by atoms with van der Waals surface area (Å²) in [6.45, 7) is 0. The van der Waals surface area contributed by atoms with E-state index in [0.29, 0.717) is 33.7 Å². The van der Waals surface area contributed by atoms with Gasteiger partial charge in [0.05, 0.1) is 17.6 Å². The zero-order chi connectivity index (χ0) is 10.1. The molecule has 0 saturated heterocycles. The van der Waals surface area contributed by atoms with Gasteiger partial charge in [-0.3, -0.25) is 9.89 Å². The summed E-state index contributed by atoms with van der Waals surface area (Å²) in [5, 5.41) is 7.72. The number of methoxy groups -OCH3 is 1. The molecular weight excluding hydrogens is 204 g/mol. The van der Waals surface area contributed by atoms with E-state index in [4.69, 9.17) is 16.3 Å². The Labute approximate surface area is 84.8 Å². The Balaban J connectivity index is 2.75. The van der Waals surface area contributed by atoms with Gasteiger partial charge in [-0.1, -0.05) is 11.6 Å². The first-order chi connectivity index (χ1) is 6.76. The van der Waals surface area contributed by atoms with Gasteiger partial charge in [0, 0.05) is 11.5 Å². The van der Waals surface area contributed by atoms with E-state index >= 15 is 0 Å². The van der Waals surface area contributed by atoms with Crippen molar-refractivity contribution >= 4 is 28.8 Å². The number of H-pyrrole nitrogens is 1. The topological polar surface area (TPSA) is 55.0 Å². The molecule has 0 aliphatic heterocycles. The van der Waals surface area contributed by atoms with Crippen LogP contribution in [0.2, 0.25) is 5.02 Å². The van der Waals surface area contributed by atoms with Crippen molar-refractivity contribution in [3.63, 3.8) is 0 Å². The first-order valence-corrected chi connectivity index (χ1v) is 4.31. The second-order valence-electron chi connectivity index (χ2n) is 2.76. The number of ether oxygens (including phenoxy) is 1. The molecule has 0 spiro atoms. The number of rotatable bonds is 2. The smallest absolute Gasteiger partial charge is 0.168 e. The summed E-state index contributed by atoms with van der Waals surface area (Å²) in [5.74, 6) is 0.545. The minimum absolute atomic E-state index is 0.421. The molecule has 1 aromatic carbocycles. The number of hydrogen-bond acceptors (Lipinski definition) is 3. The summed E-state index contributed by atoms with van der Waals surface area (Å²) in [4.78, 5) is 10.6. The Hall–Kier alpha value is -1.55. The van der Waals surface area contributed by atoms with Crippen LogP contribution < -0.4 is 4.74 Å². The second-order valence-corrected chi connectivity index (χ2v) is 3.17. The Morgan fingerprint density at radius 3 is 3.00 bits per heavy atom. The Kier molecular flexibility index (Phi) is 2.13. The molecule has 0 saturated carbocycles. The van der Waals surface area contributed by atoms with Crippen LogP contribution in [0.25, 0.3) is 10.9 Å². The molecule has 14 heavy (non-hydrogen) atoms. The highest BCUT2D eigenvalue weighted by molar-refractivity contribution is 6.33. The molecule has 2 rings (SSSR count). The van der Waals surface area contributed by atoms with Gasteiger partial charge in [0.15, 0.2) is 6.29 Å². The predicted octanol–water partition coefficient (Wildman–Crippen LogP) is 2.04. The van der Waals surface area contributed by atoms with Gasteiger partial charge in [-0.05, 0) is 6.07 Å². The fraction of sp³-hybridized carbons (Fsp3) is 0.111. The van der Waals surface area contributed by atoms with E-state index in [9.17, 15) is 4.79 Å². The quantitative estimate of drug-likeness (QED) is 0.772. The molecule has 1 heterocycles. The maximum atomic E-state index is 10.6. The van der Waals surface area contributed by atoms with Crippen LogP contribution in [0.5, 0.6) is 5.75 Å². The van der Waals surface area contributed by atoms with Crippen molar-refractivity contribution in [3.05, 3.63) is 22.8 Å². The highest BCUT2D eigenvalue weighted by atomic mass is 35.5. The highest BCUT2D eigenvalue weighted by Gasteiger charge is 2.08. The third-order valence-corrected chi connectivity index (χ3v) is 2.27. The van der Waals surface area contributed by atoms with Crippen LogP contribution >= 0.6 is 11.6 Å². The van der Waals surface area contributed by atoms with Crippen LogP contribution in [-0.4, -0.2) is 23.6 Å². The van der Waals surface area contributed by atoms with E-state index in [1.807, 2.05) is 0 Å². The van der Waals surface area contributed by atoms with E-state index in [0.717, 1.165) is 0 Å². The number of carbonyl (C=O) groups excluding carboxylic acids is 1. The second kappa shape index (κ2) is 3.31. The van der Waals surface area contributed by atoms with Crippen LogP contribution in [0.4, 0.5) is 0 Å². The van der Waals surface area contributed by atoms with Crippen LogP contribution in [0.1, 0.15) is 10.5 Å². The number of aromatic amines is 1. The van der Waals surface area contributed by atoms with E-state index in [2.05, 4.69) is 10.2 Å². The molecule has 0 aliphatic rings. The summed E-state index contributed by atoms with van der Waals surface area (Å²) in [7, 11) is 1.53. The zero-order valence-electron chi connectivity index (χ0n) is 7.37. The van der Waals surface area contributed by atoms with Crippen LogP contribution in [-0.2, 0) is 0 Å². The molecule has 5 heteroatoms. The maximum absolute atomic E-state index is 10.6. The molecule has 0 fully saturated rings. The maximum Gasteiger partial charge on any atom is 0.168 e. The molecule has 72 valence electrons. The first-order valence-electron chi connectivity index (χ1n) is 3.93. The molecule has 4 nitrogen and oxygen atoms in total. The predicted molar refractivity (Wildman–Crippen MR) is 53.0 cm³/mol. The van der Waals surface area contributed by atoms with E-state index < -0.39 is 0 Å². The van der Waals surface area contributed by atoms with Gasteiger partial charge in [-0.25, -0.2) is 0 Å². The average molecular weight is 211 g/mol. The number of halogens is 1. The summed E-state index contributed by atoms with van der Waals surface area (Å²) < 4.78 is 5.02. The van der Waals surface area contributed by atoms with Gasteiger partial charge in [0.2, 0.25) is 0 Å². The van der Waals surface area contributed by atoms with Gasteiger partial charge in [0.1, 0.15) is 11.4 Å². The van der Waals surface area contributed by atoms with Gasteiger partial charge in [0.25, 0.3) is 0 Å². The van der Waals surface area contributed by atoms with Crippen molar-refractivity contribution in [1.29, 1.82) is 0 Å². The van der Waals surface area contributed by atoms with E-state index in [1.165, 1.54) is 7.11 Å². The van der Waals surface area contributed by atoms with Crippen molar-refractivity contribution < 1.29 is 9.53 Å². The molecule has 2 aromatic rings. The highest BCUT2D eigenvalue weighted by Crippen LogP contribution is 2.29. The average Bonchev–Trinajstić information content (AvgIpc) is 2.58. The number of aromatic nitrogens is 2. The Bertz CT molecular complexity index is 493. The molecule has 1 N–H and O–H groups in total. The number of hydrogen-bond donors (Lipinski definition) is 1. The molecule has 0 amide bonds.